The van der Waals surface area contributed by atoms with Crippen molar-refractivity contribution in [3.8, 4) is 0 Å². The summed E-state index contributed by atoms with van der Waals surface area (Å²) in [7, 11) is -5.40. The molecule has 0 saturated heterocycles. The molecule has 0 aliphatic heterocycles. The normalized spacial score (nSPS) is 13.0. The highest BCUT2D eigenvalue weighted by Gasteiger charge is 2.45. The number of sulfonamides is 1. The second-order valence-electron chi connectivity index (χ2n) is 2.64. The summed E-state index contributed by atoms with van der Waals surface area (Å²) in [5.41, 5.74) is -5.36. The number of aliphatic hydroxyl groups is 1. The number of nitrogens with zero attached hydrogens (tertiary/aromatic N) is 3. The van der Waals surface area contributed by atoms with Gasteiger partial charge < -0.3 is 5.11 Å². The molecule has 1 aromatic heterocycles. The predicted molar refractivity (Wildman–Crippen MR) is 44.1 cm³/mol. The lowest BCUT2D eigenvalue weighted by atomic mass is 10.5. The van der Waals surface area contributed by atoms with E-state index in [-0.39, 0.29) is 5.69 Å². The number of aliphatic hydroxyl groups excluding tert-OH is 1. The van der Waals surface area contributed by atoms with Crippen LogP contribution in [-0.2, 0) is 23.3 Å². The van der Waals surface area contributed by atoms with Gasteiger partial charge in [0.25, 0.3) is 0 Å². The largest absolute Gasteiger partial charge is 0.511 e. The molecular formula is C5H7F3N4O3S. The zero-order valence-corrected chi connectivity index (χ0v) is 8.46. The van der Waals surface area contributed by atoms with Crippen LogP contribution in [0.15, 0.2) is 6.20 Å². The van der Waals surface area contributed by atoms with Crippen LogP contribution in [0.3, 0.4) is 0 Å². The van der Waals surface area contributed by atoms with E-state index in [9.17, 15) is 21.6 Å². The lowest BCUT2D eigenvalue weighted by Crippen LogP contribution is -2.36. The van der Waals surface area contributed by atoms with Gasteiger partial charge in [-0.05, 0) is 0 Å². The molecule has 0 saturated carbocycles. The Bertz CT molecular complexity index is 454. The molecule has 0 aliphatic carbocycles. The van der Waals surface area contributed by atoms with Crippen molar-refractivity contribution in [1.82, 2.24) is 19.7 Å². The van der Waals surface area contributed by atoms with Gasteiger partial charge in [0.1, 0.15) is 6.73 Å². The zero-order valence-electron chi connectivity index (χ0n) is 7.64. The summed E-state index contributed by atoms with van der Waals surface area (Å²) < 4.78 is 59.1. The summed E-state index contributed by atoms with van der Waals surface area (Å²) in [5, 5.41) is 15.2. The third kappa shape index (κ3) is 2.68. The van der Waals surface area contributed by atoms with E-state index in [1.54, 1.807) is 0 Å². The minimum absolute atomic E-state index is 0.00956. The first kappa shape index (κ1) is 12.9. The molecule has 1 aromatic rings. The first-order chi connectivity index (χ1) is 7.28. The van der Waals surface area contributed by atoms with Crippen molar-refractivity contribution in [1.29, 1.82) is 0 Å². The summed E-state index contributed by atoms with van der Waals surface area (Å²) in [6.07, 6.45) is 1.04. The summed E-state index contributed by atoms with van der Waals surface area (Å²) in [4.78, 5) is 0. The van der Waals surface area contributed by atoms with Gasteiger partial charge in [0.2, 0.25) is 0 Å². The predicted octanol–water partition coefficient (Wildman–Crippen LogP) is -0.833. The van der Waals surface area contributed by atoms with E-state index in [0.717, 1.165) is 10.9 Å². The van der Waals surface area contributed by atoms with E-state index in [2.05, 4.69) is 10.3 Å². The molecule has 92 valence electrons. The summed E-state index contributed by atoms with van der Waals surface area (Å²) >= 11 is 0. The highest BCUT2D eigenvalue weighted by atomic mass is 32.2. The van der Waals surface area contributed by atoms with Gasteiger partial charge in [-0.3, -0.25) is 0 Å². The van der Waals surface area contributed by atoms with Gasteiger partial charge in [-0.25, -0.2) is 17.8 Å². The Morgan fingerprint density at radius 3 is 2.62 bits per heavy atom. The molecule has 7 nitrogen and oxygen atoms in total. The average Bonchev–Trinajstić information content (AvgIpc) is 2.60. The summed E-state index contributed by atoms with van der Waals surface area (Å²) in [6.45, 7) is -1.27. The smallest absolute Gasteiger partial charge is 0.374 e. The lowest BCUT2D eigenvalue weighted by Gasteiger charge is -2.09. The number of hydrogen-bond acceptors (Lipinski definition) is 5. The van der Waals surface area contributed by atoms with Crippen LogP contribution in [0, 0.1) is 0 Å². The molecule has 1 heterocycles. The second-order valence-corrected chi connectivity index (χ2v) is 4.40. The van der Waals surface area contributed by atoms with Gasteiger partial charge in [0.05, 0.1) is 18.4 Å². The molecule has 11 heteroatoms. The standard InChI is InChI=1S/C5H7F3N4O3S/c6-5(7,8)16(14,15)10-2-4-1-9-11-12(4)3-13/h1,10,13H,2-3H2. The van der Waals surface area contributed by atoms with E-state index in [1.165, 1.54) is 4.72 Å². The van der Waals surface area contributed by atoms with Gasteiger partial charge in [0, 0.05) is 0 Å². The Kier molecular flexibility index (Phi) is 3.50. The van der Waals surface area contributed by atoms with Gasteiger partial charge in [-0.2, -0.15) is 13.2 Å². The Morgan fingerprint density at radius 1 is 1.50 bits per heavy atom. The van der Waals surface area contributed by atoms with E-state index in [1.807, 2.05) is 0 Å². The van der Waals surface area contributed by atoms with E-state index in [0.29, 0.717) is 0 Å². The minimum Gasteiger partial charge on any atom is -0.374 e. The number of alkyl halides is 3. The fourth-order valence-corrected chi connectivity index (χ4v) is 1.29. The maximum atomic E-state index is 11.9. The average molecular weight is 260 g/mol. The molecule has 0 aliphatic rings. The maximum absolute atomic E-state index is 11.9. The zero-order chi connectivity index (χ0) is 12.4. The summed E-state index contributed by atoms with van der Waals surface area (Å²) in [5.74, 6) is 0. The second kappa shape index (κ2) is 4.35. The third-order valence-electron chi connectivity index (χ3n) is 1.58. The highest BCUT2D eigenvalue weighted by Crippen LogP contribution is 2.21. The molecule has 1 rings (SSSR count). The Labute approximate surface area is 87.9 Å². The number of rotatable bonds is 4. The molecule has 16 heavy (non-hydrogen) atoms. The number of nitrogens with one attached hydrogen (secondary N) is 1. The van der Waals surface area contributed by atoms with Crippen LogP contribution in [0.25, 0.3) is 0 Å². The maximum Gasteiger partial charge on any atom is 0.511 e. The van der Waals surface area contributed by atoms with Crippen molar-refractivity contribution < 1.29 is 26.7 Å². The Balaban J connectivity index is 2.73. The van der Waals surface area contributed by atoms with Crippen molar-refractivity contribution in [2.75, 3.05) is 0 Å². The molecule has 0 amide bonds. The van der Waals surface area contributed by atoms with Crippen LogP contribution in [0.2, 0.25) is 0 Å². The van der Waals surface area contributed by atoms with Gasteiger partial charge >= 0.3 is 15.5 Å². The van der Waals surface area contributed by atoms with E-state index in [4.69, 9.17) is 5.11 Å². The first-order valence-electron chi connectivity index (χ1n) is 3.82. The molecule has 0 spiro atoms. The fraction of sp³-hybridized carbons (Fsp3) is 0.600. The molecule has 0 aromatic carbocycles. The van der Waals surface area contributed by atoms with E-state index >= 15 is 0 Å². The van der Waals surface area contributed by atoms with Crippen molar-refractivity contribution in [2.45, 2.75) is 18.8 Å². The quantitative estimate of drug-likeness (QED) is 0.736. The Hall–Kier alpha value is -1.20. The van der Waals surface area contributed by atoms with Crippen LogP contribution < -0.4 is 4.72 Å². The number of halogens is 3. The highest BCUT2D eigenvalue weighted by molar-refractivity contribution is 7.90. The lowest BCUT2D eigenvalue weighted by molar-refractivity contribution is -0.0448. The molecule has 0 bridgehead atoms. The molecule has 2 N–H and O–H groups in total. The molecule has 0 radical (unpaired) electrons. The van der Waals surface area contributed by atoms with Gasteiger partial charge in [0.15, 0.2) is 0 Å². The SMILES string of the molecule is O=S(=O)(NCc1cnnn1CO)C(F)(F)F. The monoisotopic (exact) mass is 260 g/mol. The van der Waals surface area contributed by atoms with Crippen molar-refractivity contribution in [2.24, 2.45) is 0 Å². The molecular weight excluding hydrogens is 253 g/mol. The molecule has 0 fully saturated rings. The van der Waals surface area contributed by atoms with Gasteiger partial charge in [-0.1, -0.05) is 5.21 Å². The fourth-order valence-electron chi connectivity index (χ4n) is 0.786. The third-order valence-corrected chi connectivity index (χ3v) is 2.71. The van der Waals surface area contributed by atoms with E-state index < -0.39 is 28.8 Å². The van der Waals surface area contributed by atoms with Crippen molar-refractivity contribution in [3.63, 3.8) is 0 Å². The first-order valence-corrected chi connectivity index (χ1v) is 5.30. The Morgan fingerprint density at radius 2 is 2.12 bits per heavy atom. The molecule has 0 atom stereocenters. The van der Waals surface area contributed by atoms with Crippen LogP contribution in [-0.4, -0.2) is 34.0 Å². The number of aromatic nitrogens is 3. The van der Waals surface area contributed by atoms with Crippen molar-refractivity contribution >= 4 is 10.0 Å². The molecule has 0 unspecified atom stereocenters. The van der Waals surface area contributed by atoms with Crippen LogP contribution in [0.1, 0.15) is 5.69 Å². The number of hydrogen-bond donors (Lipinski definition) is 2. The minimum atomic E-state index is -5.40. The summed E-state index contributed by atoms with van der Waals surface area (Å²) in [6, 6.07) is 0. The topological polar surface area (TPSA) is 97.1 Å². The van der Waals surface area contributed by atoms with Crippen LogP contribution in [0.5, 0.6) is 0 Å². The van der Waals surface area contributed by atoms with Crippen LogP contribution in [0.4, 0.5) is 13.2 Å². The van der Waals surface area contributed by atoms with Crippen molar-refractivity contribution in [3.05, 3.63) is 11.9 Å². The van der Waals surface area contributed by atoms with Gasteiger partial charge in [-0.15, -0.1) is 5.10 Å². The van der Waals surface area contributed by atoms with Crippen LogP contribution >= 0.6 is 0 Å².